The molecule has 0 unspecified atom stereocenters. The molecule has 3 heterocycles. The monoisotopic (exact) mass is 842 g/mol. The summed E-state index contributed by atoms with van der Waals surface area (Å²) < 4.78 is 12.3. The summed E-state index contributed by atoms with van der Waals surface area (Å²) in [5.41, 5.74) is 21.8. The fourth-order valence-electron chi connectivity index (χ4n) is 12.7. The second-order valence-corrected chi connectivity index (χ2v) is 19.6. The first-order valence-corrected chi connectivity index (χ1v) is 24.1. The smallest absolute Gasteiger partial charge is 0.143 e. The summed E-state index contributed by atoms with van der Waals surface area (Å²) in [7, 11) is 0. The van der Waals surface area contributed by atoms with Crippen LogP contribution in [0.5, 0.6) is 0 Å². The number of fused-ring (bicyclic) bond motifs is 9. The van der Waals surface area contributed by atoms with Crippen molar-refractivity contribution in [2.75, 3.05) is 0 Å². The molecule has 65 heavy (non-hydrogen) atoms. The van der Waals surface area contributed by atoms with Crippen LogP contribution in [0.15, 0.2) is 150 Å². The molecule has 13 rings (SSSR count). The molecule has 0 aliphatic heterocycles. The Bertz CT molecular complexity index is 3480. The van der Waals surface area contributed by atoms with E-state index in [-0.39, 0.29) is 0 Å². The third-order valence-electron chi connectivity index (χ3n) is 15.6. The van der Waals surface area contributed by atoms with Crippen molar-refractivity contribution in [3.05, 3.63) is 179 Å². The van der Waals surface area contributed by atoms with E-state index < -0.39 is 0 Å². The minimum atomic E-state index is 0.673. The molecule has 2 saturated carbocycles. The van der Waals surface area contributed by atoms with Gasteiger partial charge in [-0.2, -0.15) is 0 Å². The summed E-state index contributed by atoms with van der Waals surface area (Å²) in [5.74, 6) is 1.35. The van der Waals surface area contributed by atoms with Crippen LogP contribution in [0.2, 0.25) is 0 Å². The Morgan fingerprint density at radius 2 is 0.800 bits per heavy atom. The fraction of sp³-hybridized carbons (Fsp3) is 0.226. The number of benzene rings is 8. The van der Waals surface area contributed by atoms with Crippen LogP contribution in [0.1, 0.15) is 96.6 Å². The molecule has 11 aromatic rings. The van der Waals surface area contributed by atoms with Gasteiger partial charge in [-0.05, 0) is 170 Å². The van der Waals surface area contributed by atoms with Gasteiger partial charge in [0.15, 0.2) is 0 Å². The molecule has 0 spiro atoms. The SMILES string of the molecule is Cc1cc(C)c2c(oc3c(-c4cccc(-n5c6ccccc6c6cc(C7CCCC7)ccc65)c4)c(C)cc(C)c32)c1-c1cccc(-n2c3ccccc3c3cc(C4CCCC4)ccc32)c1. The van der Waals surface area contributed by atoms with E-state index in [0.29, 0.717) is 11.8 Å². The lowest BCUT2D eigenvalue weighted by molar-refractivity contribution is 0.670. The van der Waals surface area contributed by atoms with Crippen LogP contribution >= 0.6 is 0 Å². The maximum atomic E-state index is 7.40. The minimum absolute atomic E-state index is 0.673. The molecule has 0 N–H and O–H groups in total. The molecule has 8 aromatic carbocycles. The van der Waals surface area contributed by atoms with Gasteiger partial charge in [0.25, 0.3) is 0 Å². The molecule has 318 valence electrons. The Morgan fingerprint density at radius 3 is 1.25 bits per heavy atom. The lowest BCUT2D eigenvalue weighted by atomic mass is 9.91. The lowest BCUT2D eigenvalue weighted by Gasteiger charge is -2.14. The molecule has 3 nitrogen and oxygen atoms in total. The molecule has 0 bridgehead atoms. The zero-order chi connectivity index (χ0) is 43.5. The number of para-hydroxylation sites is 2. The van der Waals surface area contributed by atoms with Gasteiger partial charge in [0.2, 0.25) is 0 Å². The van der Waals surface area contributed by atoms with Crippen LogP contribution in [0.3, 0.4) is 0 Å². The van der Waals surface area contributed by atoms with Gasteiger partial charge in [-0.3, -0.25) is 0 Å². The second kappa shape index (κ2) is 14.9. The lowest BCUT2D eigenvalue weighted by Crippen LogP contribution is -1.96. The first-order chi connectivity index (χ1) is 31.9. The Hall–Kier alpha value is -6.84. The minimum Gasteiger partial charge on any atom is -0.455 e. The van der Waals surface area contributed by atoms with Crippen LogP contribution in [0.25, 0.3) is 99.2 Å². The highest BCUT2D eigenvalue weighted by Crippen LogP contribution is 2.47. The zero-order valence-corrected chi connectivity index (χ0v) is 38.0. The van der Waals surface area contributed by atoms with Crippen LogP contribution < -0.4 is 0 Å². The fourth-order valence-corrected chi connectivity index (χ4v) is 12.7. The summed E-state index contributed by atoms with van der Waals surface area (Å²) in [5, 5.41) is 7.72. The molecular weight excluding hydrogens is 789 g/mol. The normalized spacial score (nSPS) is 15.1. The molecular formula is C62H54N2O. The van der Waals surface area contributed by atoms with Crippen molar-refractivity contribution >= 4 is 65.6 Å². The Morgan fingerprint density at radius 1 is 0.385 bits per heavy atom. The van der Waals surface area contributed by atoms with Gasteiger partial charge in [0.1, 0.15) is 11.2 Å². The Kier molecular flexibility index (Phi) is 8.82. The van der Waals surface area contributed by atoms with E-state index >= 15 is 0 Å². The van der Waals surface area contributed by atoms with Crippen molar-refractivity contribution in [1.82, 2.24) is 9.13 Å². The zero-order valence-electron chi connectivity index (χ0n) is 38.0. The van der Waals surface area contributed by atoms with Crippen LogP contribution in [0.4, 0.5) is 0 Å². The number of hydrogen-bond acceptors (Lipinski definition) is 1. The maximum Gasteiger partial charge on any atom is 0.143 e. The number of nitrogens with zero attached hydrogens (tertiary/aromatic N) is 2. The third-order valence-corrected chi connectivity index (χ3v) is 15.6. The van der Waals surface area contributed by atoms with E-state index in [4.69, 9.17) is 4.42 Å². The van der Waals surface area contributed by atoms with Crippen molar-refractivity contribution in [2.24, 2.45) is 0 Å². The van der Waals surface area contributed by atoms with E-state index in [1.807, 2.05) is 0 Å². The molecule has 2 aliphatic rings. The second-order valence-electron chi connectivity index (χ2n) is 19.6. The van der Waals surface area contributed by atoms with Gasteiger partial charge in [-0.25, -0.2) is 0 Å². The van der Waals surface area contributed by atoms with E-state index in [9.17, 15) is 0 Å². The molecule has 3 aromatic heterocycles. The number of furan rings is 1. The number of aromatic nitrogens is 2. The molecule has 2 fully saturated rings. The van der Waals surface area contributed by atoms with Gasteiger partial charge < -0.3 is 13.6 Å². The van der Waals surface area contributed by atoms with E-state index in [0.717, 1.165) is 44.8 Å². The quantitative estimate of drug-likeness (QED) is 0.164. The maximum absolute atomic E-state index is 7.40. The molecule has 0 amide bonds. The van der Waals surface area contributed by atoms with Crippen LogP contribution in [-0.4, -0.2) is 9.13 Å². The van der Waals surface area contributed by atoms with Gasteiger partial charge in [-0.1, -0.05) is 111 Å². The number of aryl methyl sites for hydroxylation is 4. The predicted octanol–water partition coefficient (Wildman–Crippen LogP) is 17.7. The molecule has 2 aliphatic carbocycles. The van der Waals surface area contributed by atoms with Gasteiger partial charge in [0, 0.05) is 54.8 Å². The largest absolute Gasteiger partial charge is 0.455 e. The highest BCUT2D eigenvalue weighted by Gasteiger charge is 2.25. The highest BCUT2D eigenvalue weighted by atomic mass is 16.3. The van der Waals surface area contributed by atoms with E-state index in [2.05, 4.69) is 182 Å². The number of rotatable bonds is 6. The standard InChI is InChI=1S/C62H54N2O/c1-37-31-39(3)59-60-40(4)32-38(2)58(46-20-14-22-48(34-46)64-54-26-12-10-24-50(54)52-36-44(28-30-56(52)64)42-17-7-8-18-42)62(60)65-61(59)57(37)45-19-13-21-47(33-45)63-53-25-11-9-23-49(53)51-35-43(27-29-55(51)63)41-15-5-6-16-41/h9-14,19-36,41-42H,5-8,15-18H2,1-4H3. The van der Waals surface area contributed by atoms with Crippen molar-refractivity contribution in [3.63, 3.8) is 0 Å². The summed E-state index contributed by atoms with van der Waals surface area (Å²) in [6.45, 7) is 9.00. The average molecular weight is 843 g/mol. The topological polar surface area (TPSA) is 23.0 Å². The summed E-state index contributed by atoms with van der Waals surface area (Å²) in [4.78, 5) is 0. The Balaban J connectivity index is 0.975. The Labute approximate surface area is 380 Å². The highest BCUT2D eigenvalue weighted by molar-refractivity contribution is 6.17. The number of hydrogen-bond donors (Lipinski definition) is 0. The van der Waals surface area contributed by atoms with Crippen LogP contribution in [0, 0.1) is 27.7 Å². The summed E-state index contributed by atoms with van der Waals surface area (Å²) >= 11 is 0. The first kappa shape index (κ1) is 38.6. The van der Waals surface area contributed by atoms with Crippen LogP contribution in [-0.2, 0) is 0 Å². The van der Waals surface area contributed by atoms with Crippen molar-refractivity contribution < 1.29 is 4.42 Å². The molecule has 0 radical (unpaired) electrons. The van der Waals surface area contributed by atoms with Crippen molar-refractivity contribution in [3.8, 4) is 33.6 Å². The predicted molar refractivity (Wildman–Crippen MR) is 275 cm³/mol. The molecule has 0 saturated heterocycles. The van der Waals surface area contributed by atoms with Crippen molar-refractivity contribution in [1.29, 1.82) is 0 Å². The summed E-state index contributed by atoms with van der Waals surface area (Å²) in [6.07, 6.45) is 10.6. The molecule has 3 heteroatoms. The average Bonchev–Trinajstić information content (AvgIpc) is 4.19. The van der Waals surface area contributed by atoms with Gasteiger partial charge in [0.05, 0.1) is 22.1 Å². The van der Waals surface area contributed by atoms with Gasteiger partial charge >= 0.3 is 0 Å². The van der Waals surface area contributed by atoms with E-state index in [1.54, 1.807) is 0 Å². The van der Waals surface area contributed by atoms with Gasteiger partial charge in [-0.15, -0.1) is 0 Å². The third kappa shape index (κ3) is 5.94. The molecule has 0 atom stereocenters. The summed E-state index contributed by atoms with van der Waals surface area (Å²) in [6, 6.07) is 55.4. The first-order valence-electron chi connectivity index (χ1n) is 24.1. The van der Waals surface area contributed by atoms with E-state index in [1.165, 1.54) is 139 Å². The van der Waals surface area contributed by atoms with Crippen molar-refractivity contribution in [2.45, 2.75) is 90.9 Å².